The van der Waals surface area contributed by atoms with E-state index in [-0.39, 0.29) is 42.3 Å². The van der Waals surface area contributed by atoms with Crippen molar-refractivity contribution in [2.24, 2.45) is 51.8 Å². The van der Waals surface area contributed by atoms with Crippen molar-refractivity contribution in [3.63, 3.8) is 0 Å². The van der Waals surface area contributed by atoms with Crippen LogP contribution in [0.4, 0.5) is 0 Å². The van der Waals surface area contributed by atoms with Gasteiger partial charge in [-0.15, -0.1) is 0 Å². The van der Waals surface area contributed by atoms with Crippen LogP contribution in [0, 0.1) is 5.92 Å². The Hall–Kier alpha value is -8.04. The number of piperidine rings is 1. The molecule has 1 fully saturated rings. The summed E-state index contributed by atoms with van der Waals surface area (Å²) >= 11 is 0. The van der Waals surface area contributed by atoms with E-state index in [1.807, 2.05) is 205 Å². The second-order valence-electron chi connectivity index (χ2n) is 13.5. The van der Waals surface area contributed by atoms with Gasteiger partial charge in [-0.2, -0.15) is 0 Å². The first-order chi connectivity index (χ1) is 49.3. The second kappa shape index (κ2) is 299. The Morgan fingerprint density at radius 2 is 0.587 bits per heavy atom. The highest BCUT2D eigenvalue weighted by Gasteiger charge is 2.29. The van der Waals surface area contributed by atoms with Crippen molar-refractivity contribution in [2.75, 3.05) is 76.5 Å². The second-order valence-corrected chi connectivity index (χ2v) is 13.5. The number of amides is 3. The van der Waals surface area contributed by atoms with E-state index in [1.165, 1.54) is 85.8 Å². The number of nitrogens with two attached hydrogens (primary N) is 8. The molecule has 104 heavy (non-hydrogen) atoms. The Balaban J connectivity index is -0.0000000230. The van der Waals surface area contributed by atoms with Crippen LogP contribution < -0.4 is 69.6 Å². The van der Waals surface area contributed by atoms with Crippen molar-refractivity contribution >= 4 is 92.4 Å². The molecular formula is C75H176N14O15. The molecule has 1 aliphatic heterocycles. The van der Waals surface area contributed by atoms with Crippen LogP contribution in [-0.4, -0.2) is 202 Å². The zero-order valence-corrected chi connectivity index (χ0v) is 72.4. The highest BCUT2D eigenvalue weighted by Crippen LogP contribution is 2.12. The lowest BCUT2D eigenvalue weighted by Crippen LogP contribution is -2.54. The molecule has 3 aromatic carbocycles. The number of nitrogens with one attached hydrogen (secondary N) is 1. The molecule has 4 rings (SSSR count). The molecule has 29 nitrogen and oxygen atoms in total. The minimum absolute atomic E-state index is 0. The first-order valence-corrected chi connectivity index (χ1v) is 32.7. The Labute approximate surface area is 640 Å². The number of likely N-dealkylation sites (N-methyl/N-ethyl adjacent to an activating group) is 1. The van der Waals surface area contributed by atoms with Crippen LogP contribution >= 0.6 is 0 Å². The number of hydrogen-bond acceptors (Lipinski definition) is 26. The van der Waals surface area contributed by atoms with Gasteiger partial charge in [-0.1, -0.05) is 215 Å². The standard InChI is InChI=1S/C20H29N3O3.2C8H10.C5H12.C3H8O.6C2H6.8CH5N.11CH2O.3H3N/c1-15(20(26)23-12-8-5-9-13-23)21-19(25)18(22(3)16(2)24)14-17-10-6-4-7-11-17;2*1-2-8-6-4-3-5-7-8;1-4-5(2)3;1-3(2)4;25*1-2;;;/h4,6-7,10-11,15,18H,5,8-9,12-14H2,1-3H3,(H,21,25);2*3-7H,2H2,1H3;5H,4H2,1-3H3;3-4H,1-2H3;6*1-2H3;8*2H2,1H3;11*1H2;3*1H3/t15-,18-;;;;;;;;;;;;;;;;;;;;;;;;;;;;;;;;/m0................................/s1. The molecule has 0 radical (unpaired) electrons. The number of hydrogen-bond donors (Lipinski definition) is 13. The van der Waals surface area contributed by atoms with Gasteiger partial charge in [-0.3, -0.25) is 14.4 Å². The van der Waals surface area contributed by atoms with Gasteiger partial charge in [0.1, 0.15) is 86.8 Å². The molecule has 0 spiro atoms. The molecule has 0 saturated carbocycles. The third-order valence-corrected chi connectivity index (χ3v) is 8.25. The Bertz CT molecular complexity index is 1480. The monoisotopic (exact) mass is 1510 g/mol. The fourth-order valence-electron chi connectivity index (χ4n) is 4.65. The highest BCUT2D eigenvalue weighted by molar-refractivity contribution is 5.91. The number of likely N-dealkylation sites (tertiary alicyclic amines) is 1. The van der Waals surface area contributed by atoms with Gasteiger partial charge in [0.25, 0.3) is 0 Å². The average Bonchev–Trinajstić information content (AvgIpc) is 0.853. The van der Waals surface area contributed by atoms with Crippen molar-refractivity contribution < 1.29 is 72.2 Å². The van der Waals surface area contributed by atoms with Crippen LogP contribution in [0.15, 0.2) is 91.0 Å². The fraction of sp³-hybridized carbons (Fsp3) is 0.573. The summed E-state index contributed by atoms with van der Waals surface area (Å²) in [6, 6.07) is 29.2. The van der Waals surface area contributed by atoms with Crippen LogP contribution in [0.3, 0.4) is 0 Å². The third-order valence-electron chi connectivity index (χ3n) is 8.25. The summed E-state index contributed by atoms with van der Waals surface area (Å²) in [6.45, 7) is 65.1. The molecule has 3 amide bonds. The number of carbonyl (C=O) groups excluding carboxylic acids is 14. The van der Waals surface area contributed by atoms with Crippen LogP contribution in [0.1, 0.15) is 188 Å². The van der Waals surface area contributed by atoms with E-state index in [4.69, 9.17) is 57.8 Å². The number of nitrogens with zero attached hydrogens (tertiary/aromatic N) is 2. The van der Waals surface area contributed by atoms with E-state index < -0.39 is 12.1 Å². The quantitative estimate of drug-likeness (QED) is 0.0947. The molecule has 2 atom stereocenters. The Morgan fingerprint density at radius 1 is 0.404 bits per heavy atom. The zero-order chi connectivity index (χ0) is 88.6. The molecule has 29 heteroatoms. The SMILES string of the molecule is C=O.C=O.C=O.C=O.C=O.C=O.C=O.C=O.C=O.C=O.C=O.CC.CC.CC.CC.CC.CC.CC(=O)N(C)[C@@H](Cc1ccccc1)C(=O)N[C@@H](C)C(=O)N1CCCCC1.CC(C)O.CCC(C)C.CCc1ccccc1.CCc1ccccc1.CN.CN.CN.CN.CN.CN.CN.CN.N.N.N. The van der Waals surface area contributed by atoms with E-state index in [9.17, 15) is 14.4 Å². The largest absolute Gasteiger partial charge is 0.394 e. The van der Waals surface area contributed by atoms with Gasteiger partial charge in [0.2, 0.25) is 17.7 Å². The summed E-state index contributed by atoms with van der Waals surface area (Å²) in [5.74, 6) is 0.345. The predicted molar refractivity (Wildman–Crippen MR) is 457 cm³/mol. The van der Waals surface area contributed by atoms with Gasteiger partial charge in [-0.05, 0) is 132 Å². The van der Waals surface area contributed by atoms with Gasteiger partial charge in [-0.25, -0.2) is 0 Å². The van der Waals surface area contributed by atoms with E-state index in [1.54, 1.807) is 27.8 Å². The van der Waals surface area contributed by atoms with E-state index in [2.05, 4.69) is 134 Å². The van der Waals surface area contributed by atoms with Crippen LogP contribution in [0.2, 0.25) is 0 Å². The molecule has 27 N–H and O–H groups in total. The first kappa shape index (κ1) is 193. The molecule has 1 saturated heterocycles. The summed E-state index contributed by atoms with van der Waals surface area (Å²) in [7, 11) is 13.6. The molecule has 636 valence electrons. The minimum atomic E-state index is -0.647. The van der Waals surface area contributed by atoms with Crippen molar-refractivity contribution in [1.29, 1.82) is 0 Å². The maximum Gasteiger partial charge on any atom is 0.244 e. The maximum atomic E-state index is 12.8. The fourth-order valence-corrected chi connectivity index (χ4v) is 4.65. The molecule has 1 heterocycles. The number of aryl methyl sites for hydroxylation is 2. The minimum Gasteiger partial charge on any atom is -0.394 e. The third kappa shape index (κ3) is 242. The lowest BCUT2D eigenvalue weighted by molar-refractivity contribution is -0.140. The zero-order valence-electron chi connectivity index (χ0n) is 72.4. The molecule has 0 bridgehead atoms. The van der Waals surface area contributed by atoms with E-state index in [0.717, 1.165) is 56.7 Å². The van der Waals surface area contributed by atoms with Gasteiger partial charge in [0.05, 0.1) is 0 Å². The smallest absolute Gasteiger partial charge is 0.244 e. The number of benzene rings is 3. The number of rotatable bonds is 9. The summed E-state index contributed by atoms with van der Waals surface area (Å²) in [4.78, 5) is 128. The normalized spacial score (nSPS) is 7.57. The highest BCUT2D eigenvalue weighted by atomic mass is 16.3. The van der Waals surface area contributed by atoms with Gasteiger partial charge in [0, 0.05) is 39.6 Å². The summed E-state index contributed by atoms with van der Waals surface area (Å²) < 4.78 is 0. The topological polar surface area (TPSA) is 591 Å². The van der Waals surface area contributed by atoms with Crippen molar-refractivity contribution in [3.8, 4) is 0 Å². The molecule has 0 aliphatic carbocycles. The summed E-state index contributed by atoms with van der Waals surface area (Å²) in [6.07, 6.45) is 6.99. The Morgan fingerprint density at radius 3 is 0.740 bits per heavy atom. The van der Waals surface area contributed by atoms with Gasteiger partial charge < -0.3 is 137 Å². The van der Waals surface area contributed by atoms with Crippen LogP contribution in [-0.2, 0) is 86.4 Å². The van der Waals surface area contributed by atoms with Crippen molar-refractivity contribution in [3.05, 3.63) is 108 Å². The van der Waals surface area contributed by atoms with Crippen LogP contribution in [0.5, 0.6) is 0 Å². The molecule has 1 aliphatic rings. The number of aliphatic hydroxyl groups is 1. The molecule has 0 unspecified atom stereocenters. The lowest BCUT2D eigenvalue weighted by Gasteiger charge is -2.31. The Kier molecular flexibility index (Phi) is 555. The van der Waals surface area contributed by atoms with E-state index in [0.29, 0.717) is 6.42 Å². The summed E-state index contributed by atoms with van der Waals surface area (Å²) in [5, 5.41) is 10.9. The van der Waals surface area contributed by atoms with Gasteiger partial charge >= 0.3 is 0 Å². The van der Waals surface area contributed by atoms with Crippen molar-refractivity contribution in [1.82, 2.24) is 33.6 Å². The number of carbonyl (C=O) groups is 14. The van der Waals surface area contributed by atoms with Gasteiger partial charge in [0.15, 0.2) is 0 Å². The maximum absolute atomic E-state index is 12.8. The molecular weight excluding hydrogens is 1340 g/mol. The summed E-state index contributed by atoms with van der Waals surface area (Å²) in [5.41, 5.74) is 39.8. The average molecular weight is 1510 g/mol. The van der Waals surface area contributed by atoms with E-state index >= 15 is 0 Å². The van der Waals surface area contributed by atoms with Crippen LogP contribution in [0.25, 0.3) is 0 Å². The predicted octanol–water partition coefficient (Wildman–Crippen LogP) is 9.74. The van der Waals surface area contributed by atoms with Crippen molar-refractivity contribution in [2.45, 2.75) is 209 Å². The first-order valence-electron chi connectivity index (χ1n) is 32.7. The molecule has 0 aromatic heterocycles. The molecule has 3 aromatic rings. The number of aliphatic hydroxyl groups excluding tert-OH is 1. The lowest BCUT2D eigenvalue weighted by atomic mass is 10.0.